The molecule has 1 aromatic rings. The molecule has 0 saturated carbocycles. The summed E-state index contributed by atoms with van der Waals surface area (Å²) >= 11 is 1.42. The molecule has 0 bridgehead atoms. The van der Waals surface area contributed by atoms with Gasteiger partial charge in [-0.25, -0.2) is 10.2 Å². The Bertz CT molecular complexity index is 424. The van der Waals surface area contributed by atoms with Crippen molar-refractivity contribution in [2.75, 3.05) is 12.4 Å². The van der Waals surface area contributed by atoms with Crippen molar-refractivity contribution in [1.29, 1.82) is 0 Å². The molecule has 2 amide bonds. The highest BCUT2D eigenvalue weighted by atomic mass is 32.2. The summed E-state index contributed by atoms with van der Waals surface area (Å²) in [4.78, 5) is 23.4. The van der Waals surface area contributed by atoms with Crippen molar-refractivity contribution in [1.82, 2.24) is 10.9 Å². The van der Waals surface area contributed by atoms with Gasteiger partial charge in [-0.05, 0) is 25.5 Å². The van der Waals surface area contributed by atoms with Crippen LogP contribution in [0.5, 0.6) is 0 Å². The van der Waals surface area contributed by atoms with Crippen LogP contribution in [0.4, 0.5) is 4.79 Å². The molecule has 0 radical (unpaired) electrons. The lowest BCUT2D eigenvalue weighted by Gasteiger charge is -2.07. The third-order valence-electron chi connectivity index (χ3n) is 2.03. The molecule has 0 heterocycles. The SMILES string of the molecule is CCOC(=O)NNC(=O)CSc1ccccc1C. The summed E-state index contributed by atoms with van der Waals surface area (Å²) in [6.45, 7) is 3.94. The smallest absolute Gasteiger partial charge is 0.426 e. The molecule has 1 rings (SSSR count). The zero-order chi connectivity index (χ0) is 13.4. The molecule has 0 fully saturated rings. The third kappa shape index (κ3) is 5.09. The molecule has 5 nitrogen and oxygen atoms in total. The van der Waals surface area contributed by atoms with E-state index < -0.39 is 6.09 Å². The number of thioether (sulfide) groups is 1. The maximum Gasteiger partial charge on any atom is 0.426 e. The minimum absolute atomic E-state index is 0.233. The summed E-state index contributed by atoms with van der Waals surface area (Å²) in [5, 5.41) is 0. The van der Waals surface area contributed by atoms with E-state index in [0.29, 0.717) is 0 Å². The van der Waals surface area contributed by atoms with Crippen LogP contribution in [0.3, 0.4) is 0 Å². The van der Waals surface area contributed by atoms with Gasteiger partial charge < -0.3 is 4.74 Å². The Labute approximate surface area is 110 Å². The number of hydrogen-bond acceptors (Lipinski definition) is 4. The van der Waals surface area contributed by atoms with Crippen LogP contribution < -0.4 is 10.9 Å². The van der Waals surface area contributed by atoms with E-state index in [4.69, 9.17) is 0 Å². The van der Waals surface area contributed by atoms with Gasteiger partial charge >= 0.3 is 6.09 Å². The Hall–Kier alpha value is -1.69. The number of ether oxygens (including phenoxy) is 1. The van der Waals surface area contributed by atoms with Crippen LogP contribution in [0.15, 0.2) is 29.2 Å². The average molecular weight is 268 g/mol. The number of carbonyl (C=O) groups excluding carboxylic acids is 2. The van der Waals surface area contributed by atoms with Crippen molar-refractivity contribution >= 4 is 23.8 Å². The molecule has 0 atom stereocenters. The zero-order valence-corrected chi connectivity index (χ0v) is 11.2. The largest absolute Gasteiger partial charge is 0.449 e. The first-order chi connectivity index (χ1) is 8.63. The number of amides is 2. The number of rotatable bonds is 4. The first kappa shape index (κ1) is 14.4. The van der Waals surface area contributed by atoms with Gasteiger partial charge in [0.2, 0.25) is 5.91 Å². The van der Waals surface area contributed by atoms with Gasteiger partial charge in [0.1, 0.15) is 0 Å². The van der Waals surface area contributed by atoms with Crippen LogP contribution in [0.2, 0.25) is 0 Å². The minimum Gasteiger partial charge on any atom is -0.449 e. The summed E-state index contributed by atoms with van der Waals surface area (Å²) < 4.78 is 4.60. The summed E-state index contributed by atoms with van der Waals surface area (Å²) in [6.07, 6.45) is -0.660. The van der Waals surface area contributed by atoms with Crippen molar-refractivity contribution < 1.29 is 14.3 Å². The molecule has 0 saturated heterocycles. The monoisotopic (exact) mass is 268 g/mol. The maximum absolute atomic E-state index is 11.4. The van der Waals surface area contributed by atoms with E-state index in [1.807, 2.05) is 31.2 Å². The van der Waals surface area contributed by atoms with Gasteiger partial charge in [0.25, 0.3) is 0 Å². The van der Waals surface area contributed by atoms with Crippen LogP contribution >= 0.6 is 11.8 Å². The number of benzene rings is 1. The minimum atomic E-state index is -0.660. The lowest BCUT2D eigenvalue weighted by Crippen LogP contribution is -2.42. The standard InChI is InChI=1S/C12H16N2O3S/c1-3-17-12(16)14-13-11(15)8-18-10-7-5-4-6-9(10)2/h4-7H,3,8H2,1-2H3,(H,13,15)(H,14,16). The number of nitrogens with one attached hydrogen (secondary N) is 2. The number of hydrazine groups is 1. The Morgan fingerprint density at radius 1 is 1.28 bits per heavy atom. The molecular formula is C12H16N2O3S. The first-order valence-corrected chi connectivity index (χ1v) is 6.52. The topological polar surface area (TPSA) is 67.4 Å². The van der Waals surface area contributed by atoms with Crippen LogP contribution in [-0.4, -0.2) is 24.4 Å². The molecule has 0 spiro atoms. The van der Waals surface area contributed by atoms with Crippen LogP contribution in [-0.2, 0) is 9.53 Å². The second-order valence-electron chi connectivity index (χ2n) is 3.45. The van der Waals surface area contributed by atoms with Gasteiger partial charge in [0.05, 0.1) is 12.4 Å². The number of aryl methyl sites for hydroxylation is 1. The van der Waals surface area contributed by atoms with Crippen molar-refractivity contribution in [2.45, 2.75) is 18.7 Å². The fourth-order valence-corrected chi connectivity index (χ4v) is 2.01. The van der Waals surface area contributed by atoms with Crippen molar-refractivity contribution in [3.05, 3.63) is 29.8 Å². The Morgan fingerprint density at radius 3 is 2.67 bits per heavy atom. The van der Waals surface area contributed by atoms with Gasteiger partial charge in [-0.1, -0.05) is 18.2 Å². The predicted octanol–water partition coefficient (Wildman–Crippen LogP) is 1.86. The molecule has 0 aliphatic rings. The predicted molar refractivity (Wildman–Crippen MR) is 70.2 cm³/mol. The third-order valence-corrected chi connectivity index (χ3v) is 3.21. The highest BCUT2D eigenvalue weighted by molar-refractivity contribution is 8.00. The molecule has 2 N–H and O–H groups in total. The van der Waals surface area contributed by atoms with Gasteiger partial charge in [-0.3, -0.25) is 10.2 Å². The second-order valence-corrected chi connectivity index (χ2v) is 4.46. The molecule has 98 valence electrons. The van der Waals surface area contributed by atoms with E-state index in [9.17, 15) is 9.59 Å². The molecule has 6 heteroatoms. The van der Waals surface area contributed by atoms with Crippen molar-refractivity contribution in [3.8, 4) is 0 Å². The Kier molecular flexibility index (Phi) is 6.07. The van der Waals surface area contributed by atoms with Crippen LogP contribution in [0.1, 0.15) is 12.5 Å². The molecule has 18 heavy (non-hydrogen) atoms. The molecule has 0 unspecified atom stereocenters. The highest BCUT2D eigenvalue weighted by Gasteiger charge is 2.06. The molecule has 0 aliphatic heterocycles. The van der Waals surface area contributed by atoms with Gasteiger partial charge in [0, 0.05) is 4.90 Å². The fourth-order valence-electron chi connectivity index (χ4n) is 1.19. The highest BCUT2D eigenvalue weighted by Crippen LogP contribution is 2.21. The quantitative estimate of drug-likeness (QED) is 0.646. The summed E-state index contributed by atoms with van der Waals surface area (Å²) in [7, 11) is 0. The van der Waals surface area contributed by atoms with Gasteiger partial charge in [0.15, 0.2) is 0 Å². The maximum atomic E-state index is 11.4. The van der Waals surface area contributed by atoms with E-state index in [1.165, 1.54) is 11.8 Å². The van der Waals surface area contributed by atoms with E-state index in [0.717, 1.165) is 10.5 Å². The Balaban J connectivity index is 2.29. The normalized spacial score (nSPS) is 9.67. The number of carbonyl (C=O) groups is 2. The molecule has 0 aromatic heterocycles. The molecular weight excluding hydrogens is 252 g/mol. The lowest BCUT2D eigenvalue weighted by atomic mass is 10.2. The summed E-state index contributed by atoms with van der Waals surface area (Å²) in [6, 6.07) is 7.80. The van der Waals surface area contributed by atoms with Crippen molar-refractivity contribution in [3.63, 3.8) is 0 Å². The fraction of sp³-hybridized carbons (Fsp3) is 0.333. The van der Waals surface area contributed by atoms with E-state index >= 15 is 0 Å². The molecule has 0 aliphatic carbocycles. The van der Waals surface area contributed by atoms with Crippen molar-refractivity contribution in [2.24, 2.45) is 0 Å². The second kappa shape index (κ2) is 7.60. The van der Waals surface area contributed by atoms with Crippen LogP contribution in [0, 0.1) is 6.92 Å². The average Bonchev–Trinajstić information content (AvgIpc) is 2.36. The summed E-state index contributed by atoms with van der Waals surface area (Å²) in [5.74, 6) is -0.0478. The number of hydrogen-bond donors (Lipinski definition) is 2. The van der Waals surface area contributed by atoms with Gasteiger partial charge in [-0.2, -0.15) is 0 Å². The van der Waals surface area contributed by atoms with E-state index in [-0.39, 0.29) is 18.3 Å². The van der Waals surface area contributed by atoms with Crippen LogP contribution in [0.25, 0.3) is 0 Å². The Morgan fingerprint density at radius 2 is 2.00 bits per heavy atom. The molecule has 1 aromatic carbocycles. The summed E-state index contributed by atoms with van der Waals surface area (Å²) in [5.41, 5.74) is 5.55. The zero-order valence-electron chi connectivity index (χ0n) is 10.4. The lowest BCUT2D eigenvalue weighted by molar-refractivity contribution is -0.119. The van der Waals surface area contributed by atoms with E-state index in [1.54, 1.807) is 6.92 Å². The van der Waals surface area contributed by atoms with E-state index in [2.05, 4.69) is 15.6 Å². The first-order valence-electron chi connectivity index (χ1n) is 5.53. The van der Waals surface area contributed by atoms with Gasteiger partial charge in [-0.15, -0.1) is 11.8 Å².